The van der Waals surface area contributed by atoms with Crippen LogP contribution in [0.1, 0.15) is 37.8 Å². The van der Waals surface area contributed by atoms with Gasteiger partial charge in [0.2, 0.25) is 5.91 Å². The largest absolute Gasteiger partial charge is 0.356 e. The maximum absolute atomic E-state index is 12.4. The van der Waals surface area contributed by atoms with Crippen LogP contribution >= 0.6 is 0 Å². The van der Waals surface area contributed by atoms with Crippen molar-refractivity contribution in [1.29, 1.82) is 0 Å². The van der Waals surface area contributed by atoms with E-state index in [0.717, 1.165) is 5.56 Å². The van der Waals surface area contributed by atoms with E-state index in [1.54, 1.807) is 12.1 Å². The lowest BCUT2D eigenvalue weighted by Gasteiger charge is -2.08. The van der Waals surface area contributed by atoms with E-state index in [-0.39, 0.29) is 11.5 Å². The molecule has 3 nitrogen and oxygen atoms in total. The molecule has 5 heteroatoms. The average Bonchev–Trinajstić information content (AvgIpc) is 2.42. The molecule has 2 N–H and O–H groups in total. The molecular formula is C15H22F2N2O. The van der Waals surface area contributed by atoms with Gasteiger partial charge in [-0.3, -0.25) is 4.79 Å². The maximum Gasteiger partial charge on any atom is 0.263 e. The van der Waals surface area contributed by atoms with Crippen molar-refractivity contribution in [3.05, 3.63) is 35.4 Å². The number of hydrogen-bond acceptors (Lipinski definition) is 2. The summed E-state index contributed by atoms with van der Waals surface area (Å²) in [6.07, 6.45) is -2.01. The van der Waals surface area contributed by atoms with Crippen LogP contribution in [-0.4, -0.2) is 19.0 Å². The molecule has 0 saturated heterocycles. The topological polar surface area (TPSA) is 41.1 Å². The van der Waals surface area contributed by atoms with Gasteiger partial charge in [0.05, 0.1) is 0 Å². The molecule has 112 valence electrons. The second-order valence-electron chi connectivity index (χ2n) is 5.17. The summed E-state index contributed by atoms with van der Waals surface area (Å²) in [6.45, 7) is 5.92. The Labute approximate surface area is 118 Å². The summed E-state index contributed by atoms with van der Waals surface area (Å²) in [6, 6.07) is 6.20. The standard InChI is InChI=1S/C15H22F2N2O/c1-11(2)9-19-14(20)7-8-18-10-12-3-5-13(6-4-12)15(16)17/h3-6,11,15,18H,7-10H2,1-2H3,(H,19,20). The second kappa shape index (κ2) is 8.64. The SMILES string of the molecule is CC(C)CNC(=O)CCNCc1ccc(C(F)F)cc1. The first-order valence-corrected chi connectivity index (χ1v) is 6.83. The van der Waals surface area contributed by atoms with Gasteiger partial charge in [0.1, 0.15) is 0 Å². The van der Waals surface area contributed by atoms with Gasteiger partial charge in [-0.15, -0.1) is 0 Å². The Hall–Kier alpha value is -1.49. The molecule has 0 saturated carbocycles. The molecule has 0 radical (unpaired) electrons. The summed E-state index contributed by atoms with van der Waals surface area (Å²) in [7, 11) is 0. The summed E-state index contributed by atoms with van der Waals surface area (Å²) in [5.41, 5.74) is 0.957. The molecule has 0 spiro atoms. The summed E-state index contributed by atoms with van der Waals surface area (Å²) < 4.78 is 24.7. The van der Waals surface area contributed by atoms with Gasteiger partial charge in [0.25, 0.3) is 6.43 Å². The van der Waals surface area contributed by atoms with Crippen molar-refractivity contribution in [1.82, 2.24) is 10.6 Å². The Balaban J connectivity index is 2.19. The molecule has 0 bridgehead atoms. The minimum absolute atomic E-state index is 0.0271. The lowest BCUT2D eigenvalue weighted by atomic mass is 10.1. The molecule has 20 heavy (non-hydrogen) atoms. The third-order valence-electron chi connectivity index (χ3n) is 2.80. The fourth-order valence-corrected chi connectivity index (χ4v) is 1.62. The van der Waals surface area contributed by atoms with E-state index in [4.69, 9.17) is 0 Å². The van der Waals surface area contributed by atoms with Crippen LogP contribution in [0.25, 0.3) is 0 Å². The lowest BCUT2D eigenvalue weighted by molar-refractivity contribution is -0.121. The van der Waals surface area contributed by atoms with Crippen molar-refractivity contribution in [3.8, 4) is 0 Å². The first-order chi connectivity index (χ1) is 9.49. The lowest BCUT2D eigenvalue weighted by Crippen LogP contribution is -2.30. The van der Waals surface area contributed by atoms with Crippen LogP contribution < -0.4 is 10.6 Å². The van der Waals surface area contributed by atoms with Gasteiger partial charge < -0.3 is 10.6 Å². The highest BCUT2D eigenvalue weighted by Gasteiger charge is 2.06. The van der Waals surface area contributed by atoms with E-state index >= 15 is 0 Å². The number of amides is 1. The van der Waals surface area contributed by atoms with Crippen molar-refractivity contribution >= 4 is 5.91 Å². The quantitative estimate of drug-likeness (QED) is 0.721. The second-order valence-corrected chi connectivity index (χ2v) is 5.17. The predicted molar refractivity (Wildman–Crippen MR) is 75.6 cm³/mol. The smallest absolute Gasteiger partial charge is 0.263 e. The van der Waals surface area contributed by atoms with Crippen LogP contribution in [0.15, 0.2) is 24.3 Å². The molecule has 1 amide bonds. The van der Waals surface area contributed by atoms with Crippen molar-refractivity contribution in [2.45, 2.75) is 33.2 Å². The molecule has 0 atom stereocenters. The number of halogens is 2. The number of carbonyl (C=O) groups is 1. The van der Waals surface area contributed by atoms with E-state index in [1.807, 2.05) is 13.8 Å². The van der Waals surface area contributed by atoms with Crippen LogP contribution in [0, 0.1) is 5.92 Å². The van der Waals surface area contributed by atoms with E-state index in [0.29, 0.717) is 32.0 Å². The monoisotopic (exact) mass is 284 g/mol. The van der Waals surface area contributed by atoms with Crippen LogP contribution in [-0.2, 0) is 11.3 Å². The van der Waals surface area contributed by atoms with E-state index in [2.05, 4.69) is 10.6 Å². The number of alkyl halides is 2. The molecule has 0 heterocycles. The normalized spacial score (nSPS) is 11.1. The fourth-order valence-electron chi connectivity index (χ4n) is 1.62. The summed E-state index contributed by atoms with van der Waals surface area (Å²) in [5.74, 6) is 0.472. The predicted octanol–water partition coefficient (Wildman–Crippen LogP) is 2.88. The molecule has 1 aromatic rings. The number of benzene rings is 1. The van der Waals surface area contributed by atoms with Gasteiger partial charge in [-0.25, -0.2) is 8.78 Å². The van der Waals surface area contributed by atoms with Gasteiger partial charge in [-0.05, 0) is 11.5 Å². The van der Waals surface area contributed by atoms with Crippen molar-refractivity contribution < 1.29 is 13.6 Å². The van der Waals surface area contributed by atoms with Gasteiger partial charge in [-0.2, -0.15) is 0 Å². The van der Waals surface area contributed by atoms with Crippen LogP contribution in [0.2, 0.25) is 0 Å². The number of rotatable bonds is 8. The molecule has 0 aromatic heterocycles. The van der Waals surface area contributed by atoms with Crippen LogP contribution in [0.5, 0.6) is 0 Å². The summed E-state index contributed by atoms with van der Waals surface area (Å²) in [4.78, 5) is 11.4. The third kappa shape index (κ3) is 6.61. The van der Waals surface area contributed by atoms with Crippen molar-refractivity contribution in [3.63, 3.8) is 0 Å². The fraction of sp³-hybridized carbons (Fsp3) is 0.533. The Morgan fingerprint density at radius 2 is 1.85 bits per heavy atom. The number of hydrogen-bond donors (Lipinski definition) is 2. The van der Waals surface area contributed by atoms with E-state index in [1.165, 1.54) is 12.1 Å². The van der Waals surface area contributed by atoms with Gasteiger partial charge in [0.15, 0.2) is 0 Å². The van der Waals surface area contributed by atoms with Crippen LogP contribution in [0.4, 0.5) is 8.78 Å². The Kier molecular flexibility index (Phi) is 7.15. The Morgan fingerprint density at radius 1 is 1.20 bits per heavy atom. The number of nitrogens with one attached hydrogen (secondary N) is 2. The van der Waals surface area contributed by atoms with Crippen molar-refractivity contribution in [2.75, 3.05) is 13.1 Å². The molecule has 1 aromatic carbocycles. The highest BCUT2D eigenvalue weighted by atomic mass is 19.3. The number of carbonyl (C=O) groups excluding carboxylic acids is 1. The van der Waals surface area contributed by atoms with E-state index < -0.39 is 6.43 Å². The maximum atomic E-state index is 12.4. The summed E-state index contributed by atoms with van der Waals surface area (Å²) >= 11 is 0. The zero-order valence-corrected chi connectivity index (χ0v) is 12.0. The molecule has 0 aliphatic carbocycles. The molecule has 1 rings (SSSR count). The first kappa shape index (κ1) is 16.6. The third-order valence-corrected chi connectivity index (χ3v) is 2.80. The minimum Gasteiger partial charge on any atom is -0.356 e. The summed E-state index contributed by atoms with van der Waals surface area (Å²) in [5, 5.41) is 5.96. The molecule has 0 fully saturated rings. The molecule has 0 unspecified atom stereocenters. The minimum atomic E-state index is -2.43. The highest BCUT2D eigenvalue weighted by molar-refractivity contribution is 5.76. The highest BCUT2D eigenvalue weighted by Crippen LogP contribution is 2.18. The zero-order valence-electron chi connectivity index (χ0n) is 12.0. The Bertz CT molecular complexity index is 405. The van der Waals surface area contributed by atoms with Gasteiger partial charge in [0, 0.05) is 31.6 Å². The average molecular weight is 284 g/mol. The van der Waals surface area contributed by atoms with Crippen molar-refractivity contribution in [2.24, 2.45) is 5.92 Å². The van der Waals surface area contributed by atoms with E-state index in [9.17, 15) is 13.6 Å². The zero-order chi connectivity index (χ0) is 15.0. The van der Waals surface area contributed by atoms with Gasteiger partial charge >= 0.3 is 0 Å². The molecule has 0 aliphatic rings. The van der Waals surface area contributed by atoms with Crippen LogP contribution in [0.3, 0.4) is 0 Å². The van der Waals surface area contributed by atoms with Gasteiger partial charge in [-0.1, -0.05) is 38.1 Å². The Morgan fingerprint density at radius 3 is 2.40 bits per heavy atom. The molecule has 0 aliphatic heterocycles. The first-order valence-electron chi connectivity index (χ1n) is 6.83. The molecular weight excluding hydrogens is 262 g/mol.